The molecule has 2 heterocycles. The van der Waals surface area contributed by atoms with Crippen molar-refractivity contribution in [1.82, 2.24) is 9.88 Å². The fraction of sp³-hybridized carbons (Fsp3) is 0.500. The van der Waals surface area contributed by atoms with Crippen molar-refractivity contribution in [3.8, 4) is 0 Å². The zero-order valence-electron chi connectivity index (χ0n) is 11.8. The Hall–Kier alpha value is -1.68. The predicted octanol–water partition coefficient (Wildman–Crippen LogP) is 2.08. The molecule has 0 fully saturated rings. The van der Waals surface area contributed by atoms with Crippen LogP contribution in [0.2, 0.25) is 0 Å². The van der Waals surface area contributed by atoms with Gasteiger partial charge in [0.1, 0.15) is 0 Å². The molecule has 0 aromatic carbocycles. The van der Waals surface area contributed by atoms with Crippen LogP contribution in [0.4, 0.5) is 0 Å². The van der Waals surface area contributed by atoms with Crippen LogP contribution >= 0.6 is 0 Å². The van der Waals surface area contributed by atoms with E-state index in [2.05, 4.69) is 17.1 Å². The number of carbonyl (C=O) groups excluding carboxylic acids is 1. The van der Waals surface area contributed by atoms with Gasteiger partial charge in [-0.05, 0) is 42.9 Å². The molecule has 1 aromatic heterocycles. The summed E-state index contributed by atoms with van der Waals surface area (Å²) in [5, 5.41) is 8.99. The maximum Gasteiger partial charge on any atom is 0.223 e. The summed E-state index contributed by atoms with van der Waals surface area (Å²) in [4.78, 5) is 18.3. The largest absolute Gasteiger partial charge is 0.396 e. The van der Waals surface area contributed by atoms with Crippen LogP contribution in [-0.4, -0.2) is 34.0 Å². The molecule has 0 bridgehead atoms. The first-order valence-corrected chi connectivity index (χ1v) is 7.26. The summed E-state index contributed by atoms with van der Waals surface area (Å²) in [6.07, 6.45) is 11.8. The molecule has 0 aliphatic carbocycles. The van der Waals surface area contributed by atoms with Crippen molar-refractivity contribution in [3.63, 3.8) is 0 Å². The third kappa shape index (κ3) is 4.17. The number of amides is 1. The maximum atomic E-state index is 12.3. The second-order valence-corrected chi connectivity index (χ2v) is 5.09. The van der Waals surface area contributed by atoms with Crippen molar-refractivity contribution in [1.29, 1.82) is 0 Å². The van der Waals surface area contributed by atoms with Gasteiger partial charge in [-0.15, -0.1) is 0 Å². The summed E-state index contributed by atoms with van der Waals surface area (Å²) in [7, 11) is 0. The molecule has 1 amide bonds. The number of aromatic nitrogens is 1. The highest BCUT2D eigenvalue weighted by Gasteiger charge is 2.15. The van der Waals surface area contributed by atoms with E-state index < -0.39 is 0 Å². The van der Waals surface area contributed by atoms with Crippen LogP contribution in [0.5, 0.6) is 0 Å². The number of hydrogen-bond donors (Lipinski definition) is 1. The molecule has 0 saturated carbocycles. The van der Waals surface area contributed by atoms with Crippen molar-refractivity contribution >= 4 is 5.91 Å². The van der Waals surface area contributed by atoms with Crippen molar-refractivity contribution in [2.24, 2.45) is 0 Å². The van der Waals surface area contributed by atoms with Crippen LogP contribution in [0.15, 0.2) is 30.6 Å². The molecule has 0 spiro atoms. The Kier molecular flexibility index (Phi) is 5.74. The molecule has 0 saturated heterocycles. The summed E-state index contributed by atoms with van der Waals surface area (Å²) in [6.45, 7) is 1.35. The summed E-state index contributed by atoms with van der Waals surface area (Å²) < 4.78 is 0. The summed E-state index contributed by atoms with van der Waals surface area (Å²) in [6, 6.07) is 2.00. The lowest BCUT2D eigenvalue weighted by molar-refractivity contribution is -0.131. The normalized spacial score (nSPS) is 18.2. The van der Waals surface area contributed by atoms with Gasteiger partial charge in [-0.2, -0.15) is 0 Å². The van der Waals surface area contributed by atoms with Gasteiger partial charge in [0.2, 0.25) is 5.91 Å². The molecule has 1 aromatic rings. The molecule has 1 N–H and O–H groups in total. The van der Waals surface area contributed by atoms with Crippen LogP contribution in [0.3, 0.4) is 0 Å². The molecule has 4 nitrogen and oxygen atoms in total. The molecule has 20 heavy (non-hydrogen) atoms. The average molecular weight is 274 g/mol. The first-order valence-electron chi connectivity index (χ1n) is 7.26. The average Bonchev–Trinajstić information content (AvgIpc) is 2.50. The molecule has 0 atom stereocenters. The van der Waals surface area contributed by atoms with E-state index in [1.807, 2.05) is 17.2 Å². The first-order chi connectivity index (χ1) is 9.81. The lowest BCUT2D eigenvalue weighted by atomic mass is 10.0. The van der Waals surface area contributed by atoms with Crippen LogP contribution in [0.25, 0.3) is 0 Å². The lowest BCUT2D eigenvalue weighted by Crippen LogP contribution is -2.32. The van der Waals surface area contributed by atoms with Gasteiger partial charge in [-0.25, -0.2) is 0 Å². The Morgan fingerprint density at radius 2 is 2.00 bits per heavy atom. The summed E-state index contributed by atoms with van der Waals surface area (Å²) in [5.74, 6) is 0.160. The minimum absolute atomic E-state index is 0.118. The second kappa shape index (κ2) is 7.80. The van der Waals surface area contributed by atoms with Gasteiger partial charge in [-0.3, -0.25) is 9.78 Å². The Bertz CT molecular complexity index is 471. The van der Waals surface area contributed by atoms with E-state index >= 15 is 0 Å². The highest BCUT2D eigenvalue weighted by Crippen LogP contribution is 2.15. The van der Waals surface area contributed by atoms with E-state index in [4.69, 9.17) is 5.11 Å². The third-order valence-electron chi connectivity index (χ3n) is 3.58. The van der Waals surface area contributed by atoms with Gasteiger partial charge >= 0.3 is 0 Å². The standard InChI is InChI=1S/C16H22N2O2/c19-11-5-10-18-13-15-8-9-17-12-14(15)6-3-1-2-4-7-16(18)20/h1-2,8-9,12,19H,3-7,10-11,13H2/b2-1-. The number of carbonyl (C=O) groups is 1. The van der Waals surface area contributed by atoms with E-state index in [1.165, 1.54) is 11.1 Å². The number of hydrogen-bond acceptors (Lipinski definition) is 3. The number of allylic oxidation sites excluding steroid dienone is 2. The number of nitrogens with zero attached hydrogens (tertiary/aromatic N) is 2. The number of aryl methyl sites for hydroxylation is 1. The molecule has 1 aliphatic rings. The smallest absolute Gasteiger partial charge is 0.223 e. The number of aliphatic hydroxyl groups is 1. The van der Waals surface area contributed by atoms with Gasteiger partial charge in [0.25, 0.3) is 0 Å². The number of aliphatic hydroxyl groups excluding tert-OH is 1. The van der Waals surface area contributed by atoms with Gasteiger partial charge < -0.3 is 10.0 Å². The topological polar surface area (TPSA) is 53.4 Å². The van der Waals surface area contributed by atoms with Crippen LogP contribution in [0, 0.1) is 0 Å². The molecule has 2 rings (SSSR count). The van der Waals surface area contributed by atoms with Crippen LogP contribution < -0.4 is 0 Å². The highest BCUT2D eigenvalue weighted by molar-refractivity contribution is 5.76. The van der Waals surface area contributed by atoms with E-state index in [0.29, 0.717) is 25.9 Å². The van der Waals surface area contributed by atoms with E-state index in [9.17, 15) is 4.79 Å². The fourth-order valence-electron chi connectivity index (χ4n) is 2.43. The predicted molar refractivity (Wildman–Crippen MR) is 78.1 cm³/mol. The Morgan fingerprint density at radius 1 is 1.20 bits per heavy atom. The van der Waals surface area contributed by atoms with Crippen LogP contribution in [-0.2, 0) is 17.8 Å². The van der Waals surface area contributed by atoms with Gasteiger partial charge in [0.15, 0.2) is 0 Å². The zero-order chi connectivity index (χ0) is 14.2. The van der Waals surface area contributed by atoms with Gasteiger partial charge in [0, 0.05) is 38.5 Å². The Morgan fingerprint density at radius 3 is 2.80 bits per heavy atom. The number of rotatable bonds is 3. The number of fused-ring (bicyclic) bond motifs is 1. The molecular formula is C16H22N2O2. The molecule has 0 radical (unpaired) electrons. The van der Waals surface area contributed by atoms with Gasteiger partial charge in [0.05, 0.1) is 0 Å². The molecule has 108 valence electrons. The monoisotopic (exact) mass is 274 g/mol. The van der Waals surface area contributed by atoms with Crippen molar-refractivity contribution in [3.05, 3.63) is 41.7 Å². The van der Waals surface area contributed by atoms with Crippen molar-refractivity contribution in [2.75, 3.05) is 13.2 Å². The summed E-state index contributed by atoms with van der Waals surface area (Å²) >= 11 is 0. The molecule has 4 heteroatoms. The minimum Gasteiger partial charge on any atom is -0.396 e. The molecule has 0 unspecified atom stereocenters. The zero-order valence-corrected chi connectivity index (χ0v) is 11.8. The highest BCUT2D eigenvalue weighted by atomic mass is 16.3. The van der Waals surface area contributed by atoms with E-state index in [0.717, 1.165) is 19.3 Å². The van der Waals surface area contributed by atoms with Crippen LogP contribution in [0.1, 0.15) is 36.8 Å². The SMILES string of the molecule is O=C1CC/C=C\CCc2cnccc2CN1CCCO. The quantitative estimate of drug-likeness (QED) is 0.859. The summed E-state index contributed by atoms with van der Waals surface area (Å²) in [5.41, 5.74) is 2.38. The minimum atomic E-state index is 0.118. The third-order valence-corrected chi connectivity index (χ3v) is 3.58. The first kappa shape index (κ1) is 14.7. The van der Waals surface area contributed by atoms with E-state index in [1.54, 1.807) is 6.20 Å². The van der Waals surface area contributed by atoms with Crippen molar-refractivity contribution in [2.45, 2.75) is 38.6 Å². The Labute approximate surface area is 120 Å². The Balaban J connectivity index is 2.20. The lowest BCUT2D eigenvalue weighted by Gasteiger charge is -2.23. The number of pyridine rings is 1. The molecule has 1 aliphatic heterocycles. The molecular weight excluding hydrogens is 252 g/mol. The fourth-order valence-corrected chi connectivity index (χ4v) is 2.43. The second-order valence-electron chi connectivity index (χ2n) is 5.09. The van der Waals surface area contributed by atoms with E-state index in [-0.39, 0.29) is 12.5 Å². The van der Waals surface area contributed by atoms with Gasteiger partial charge in [-0.1, -0.05) is 12.2 Å². The van der Waals surface area contributed by atoms with Crippen molar-refractivity contribution < 1.29 is 9.90 Å². The maximum absolute atomic E-state index is 12.3.